The summed E-state index contributed by atoms with van der Waals surface area (Å²) >= 11 is 0. The fourth-order valence-electron chi connectivity index (χ4n) is 2.38. The predicted molar refractivity (Wildman–Crippen MR) is 91.0 cm³/mol. The number of nitriles is 1. The van der Waals surface area contributed by atoms with Crippen molar-refractivity contribution in [3.63, 3.8) is 0 Å². The van der Waals surface area contributed by atoms with Crippen molar-refractivity contribution >= 4 is 23.4 Å². The van der Waals surface area contributed by atoms with Crippen LogP contribution in [0.15, 0.2) is 53.3 Å². The minimum Gasteiger partial charge on any atom is -0.462 e. The normalized spacial score (nSPS) is 14.6. The van der Waals surface area contributed by atoms with Crippen molar-refractivity contribution in [2.24, 2.45) is 0 Å². The Kier molecular flexibility index (Phi) is 4.21. The highest BCUT2D eigenvalue weighted by Crippen LogP contribution is 2.35. The number of carbonyl (C=O) groups is 1. The van der Waals surface area contributed by atoms with E-state index in [1.165, 1.54) is 4.90 Å². The van der Waals surface area contributed by atoms with Gasteiger partial charge in [-0.05, 0) is 43.7 Å². The van der Waals surface area contributed by atoms with Crippen LogP contribution >= 0.6 is 0 Å². The Morgan fingerprint density at radius 2 is 2.04 bits per heavy atom. The second-order valence-corrected chi connectivity index (χ2v) is 5.59. The first kappa shape index (κ1) is 15.6. The summed E-state index contributed by atoms with van der Waals surface area (Å²) < 4.78 is 10.8. The number of carbonyl (C=O) groups excluding carboxylic acids is 1. The first-order valence-electron chi connectivity index (χ1n) is 7.56. The maximum atomic E-state index is 12.2. The third-order valence-electron chi connectivity index (χ3n) is 3.46. The Hall–Kier alpha value is -3.26. The van der Waals surface area contributed by atoms with Gasteiger partial charge >= 0.3 is 6.09 Å². The van der Waals surface area contributed by atoms with Crippen LogP contribution in [0.2, 0.25) is 0 Å². The van der Waals surface area contributed by atoms with Crippen LogP contribution in [0.25, 0.3) is 11.6 Å². The molecule has 3 rings (SSSR count). The summed E-state index contributed by atoms with van der Waals surface area (Å²) in [5.41, 5.74) is 3.03. The van der Waals surface area contributed by atoms with Gasteiger partial charge in [-0.2, -0.15) is 5.26 Å². The number of allylic oxidation sites excluding steroid dienone is 2. The van der Waals surface area contributed by atoms with Crippen molar-refractivity contribution in [2.75, 3.05) is 4.90 Å². The second-order valence-electron chi connectivity index (χ2n) is 5.59. The summed E-state index contributed by atoms with van der Waals surface area (Å²) in [6, 6.07) is 11.1. The molecule has 0 unspecified atom stereocenters. The quantitative estimate of drug-likeness (QED) is 0.813. The van der Waals surface area contributed by atoms with Crippen molar-refractivity contribution in [3.05, 3.63) is 65.8 Å². The van der Waals surface area contributed by atoms with E-state index in [1.807, 2.05) is 18.2 Å². The maximum absolute atomic E-state index is 12.2. The standard InChI is InChI=1S/C19H16N2O3/c1-13(2)24-19(22)21-9-7-16(18-17(21)8-10-23-18)11-14-3-5-15(12-20)6-4-14/h3-11,13H,1-2H3/b16-11+. The van der Waals surface area contributed by atoms with Gasteiger partial charge in [-0.25, -0.2) is 9.69 Å². The highest BCUT2D eigenvalue weighted by Gasteiger charge is 2.25. The first-order chi connectivity index (χ1) is 11.6. The molecule has 5 heteroatoms. The van der Waals surface area contributed by atoms with Crippen LogP contribution < -0.4 is 4.90 Å². The molecule has 0 saturated heterocycles. The molecule has 0 radical (unpaired) electrons. The minimum absolute atomic E-state index is 0.197. The van der Waals surface area contributed by atoms with Gasteiger partial charge in [0.05, 0.1) is 29.7 Å². The van der Waals surface area contributed by atoms with Gasteiger partial charge in [0, 0.05) is 17.8 Å². The van der Waals surface area contributed by atoms with Crippen molar-refractivity contribution in [1.29, 1.82) is 5.26 Å². The van der Waals surface area contributed by atoms with Gasteiger partial charge in [0.15, 0.2) is 5.76 Å². The molecule has 1 aliphatic rings. The lowest BCUT2D eigenvalue weighted by atomic mass is 10.0. The van der Waals surface area contributed by atoms with Crippen LogP contribution in [0, 0.1) is 11.3 Å². The molecular formula is C19H16N2O3. The Bertz CT molecular complexity index is 851. The molecule has 5 nitrogen and oxygen atoms in total. The Morgan fingerprint density at radius 3 is 2.71 bits per heavy atom. The van der Waals surface area contributed by atoms with E-state index >= 15 is 0 Å². The molecule has 1 aliphatic heterocycles. The lowest BCUT2D eigenvalue weighted by Crippen LogP contribution is -2.29. The first-order valence-corrected chi connectivity index (χ1v) is 7.56. The Morgan fingerprint density at radius 1 is 1.29 bits per heavy atom. The summed E-state index contributed by atoms with van der Waals surface area (Å²) in [6.45, 7) is 3.61. The van der Waals surface area contributed by atoms with E-state index in [2.05, 4.69) is 6.07 Å². The van der Waals surface area contributed by atoms with Crippen LogP contribution in [0.5, 0.6) is 0 Å². The van der Waals surface area contributed by atoms with Crippen LogP contribution in [0.3, 0.4) is 0 Å². The number of ether oxygens (including phenoxy) is 1. The fraction of sp³-hybridized carbons (Fsp3) is 0.158. The van der Waals surface area contributed by atoms with Gasteiger partial charge in [-0.1, -0.05) is 12.1 Å². The van der Waals surface area contributed by atoms with Crippen LogP contribution in [0.1, 0.15) is 30.7 Å². The zero-order chi connectivity index (χ0) is 17.1. The highest BCUT2D eigenvalue weighted by molar-refractivity contribution is 6.00. The monoisotopic (exact) mass is 320 g/mol. The molecule has 0 atom stereocenters. The van der Waals surface area contributed by atoms with E-state index in [-0.39, 0.29) is 6.10 Å². The second kappa shape index (κ2) is 6.47. The molecule has 1 amide bonds. The molecule has 0 N–H and O–H groups in total. The van der Waals surface area contributed by atoms with Crippen molar-refractivity contribution in [3.8, 4) is 6.07 Å². The number of nitrogens with zero attached hydrogens (tertiary/aromatic N) is 2. The van der Waals surface area contributed by atoms with E-state index in [0.29, 0.717) is 17.0 Å². The number of furan rings is 1. The Balaban J connectivity index is 1.92. The van der Waals surface area contributed by atoms with Crippen molar-refractivity contribution < 1.29 is 13.9 Å². The van der Waals surface area contributed by atoms with E-state index in [9.17, 15) is 4.79 Å². The van der Waals surface area contributed by atoms with Gasteiger partial charge in [-0.15, -0.1) is 0 Å². The number of fused-ring (bicyclic) bond motifs is 1. The van der Waals surface area contributed by atoms with Crippen LogP contribution in [0.4, 0.5) is 10.5 Å². The third kappa shape index (κ3) is 3.08. The number of benzene rings is 1. The average molecular weight is 320 g/mol. The predicted octanol–water partition coefficient (Wildman–Crippen LogP) is 4.57. The number of hydrogen-bond donors (Lipinski definition) is 0. The molecule has 0 fully saturated rings. The number of hydrogen-bond acceptors (Lipinski definition) is 4. The van der Waals surface area contributed by atoms with Gasteiger partial charge in [0.25, 0.3) is 0 Å². The van der Waals surface area contributed by atoms with Gasteiger partial charge in [-0.3, -0.25) is 0 Å². The van der Waals surface area contributed by atoms with E-state index in [0.717, 1.165) is 11.1 Å². The lowest BCUT2D eigenvalue weighted by molar-refractivity contribution is 0.124. The molecule has 1 aromatic carbocycles. The smallest absolute Gasteiger partial charge is 0.418 e. The van der Waals surface area contributed by atoms with Gasteiger partial charge < -0.3 is 9.15 Å². The van der Waals surface area contributed by atoms with E-state index < -0.39 is 6.09 Å². The maximum Gasteiger partial charge on any atom is 0.418 e. The summed E-state index contributed by atoms with van der Waals surface area (Å²) in [7, 11) is 0. The van der Waals surface area contributed by atoms with Crippen molar-refractivity contribution in [2.45, 2.75) is 20.0 Å². The Labute approximate surface area is 140 Å². The topological polar surface area (TPSA) is 66.5 Å². The highest BCUT2D eigenvalue weighted by atomic mass is 16.6. The zero-order valence-corrected chi connectivity index (χ0v) is 13.4. The molecule has 0 aliphatic carbocycles. The largest absolute Gasteiger partial charge is 0.462 e. The van der Waals surface area contributed by atoms with E-state index in [1.54, 1.807) is 50.6 Å². The summed E-state index contributed by atoms with van der Waals surface area (Å²) in [5, 5.41) is 8.85. The molecule has 120 valence electrons. The molecule has 2 heterocycles. The van der Waals surface area contributed by atoms with Gasteiger partial charge in [0.2, 0.25) is 0 Å². The third-order valence-corrected chi connectivity index (χ3v) is 3.46. The molecule has 1 aromatic heterocycles. The molecule has 0 bridgehead atoms. The van der Waals surface area contributed by atoms with Crippen LogP contribution in [-0.4, -0.2) is 12.2 Å². The number of amides is 1. The molecule has 0 saturated carbocycles. The summed E-state index contributed by atoms with van der Waals surface area (Å²) in [6.07, 6.45) is 6.30. The molecular weight excluding hydrogens is 304 g/mol. The average Bonchev–Trinajstić information content (AvgIpc) is 3.05. The summed E-state index contributed by atoms with van der Waals surface area (Å²) in [5.74, 6) is 0.600. The van der Waals surface area contributed by atoms with E-state index in [4.69, 9.17) is 14.4 Å². The zero-order valence-electron chi connectivity index (χ0n) is 13.4. The molecule has 0 spiro atoms. The molecule has 2 aromatic rings. The number of anilines is 1. The lowest BCUT2D eigenvalue weighted by Gasteiger charge is -2.22. The number of rotatable bonds is 2. The SMILES string of the molecule is CC(C)OC(=O)N1C=C/C(=C\c2ccc(C#N)cc2)c2occc21. The molecule has 24 heavy (non-hydrogen) atoms. The summed E-state index contributed by atoms with van der Waals surface area (Å²) in [4.78, 5) is 13.6. The van der Waals surface area contributed by atoms with Crippen molar-refractivity contribution in [1.82, 2.24) is 0 Å². The van der Waals surface area contributed by atoms with Crippen LogP contribution in [-0.2, 0) is 4.74 Å². The fourth-order valence-corrected chi connectivity index (χ4v) is 2.38. The minimum atomic E-state index is -0.443. The van der Waals surface area contributed by atoms with Gasteiger partial charge in [0.1, 0.15) is 0 Å².